The number of methoxy groups -OCH3 is 1. The molecule has 23 heavy (non-hydrogen) atoms. The zero-order valence-electron chi connectivity index (χ0n) is 14.3. The lowest BCUT2D eigenvalue weighted by atomic mass is 9.57. The highest BCUT2D eigenvalue weighted by molar-refractivity contribution is 5.89. The highest BCUT2D eigenvalue weighted by Crippen LogP contribution is 2.52. The van der Waals surface area contributed by atoms with Crippen LogP contribution in [0, 0.1) is 11.3 Å². The van der Waals surface area contributed by atoms with E-state index in [1.807, 2.05) is 31.2 Å². The number of hydrogen-bond acceptors (Lipinski definition) is 3. The Hall–Kier alpha value is -1.59. The van der Waals surface area contributed by atoms with Crippen molar-refractivity contribution in [3.63, 3.8) is 0 Å². The van der Waals surface area contributed by atoms with Crippen LogP contribution in [0.3, 0.4) is 0 Å². The second kappa shape index (κ2) is 6.13. The molecule has 0 spiro atoms. The maximum absolute atomic E-state index is 12.3. The number of amides is 2. The summed E-state index contributed by atoms with van der Waals surface area (Å²) >= 11 is 0. The summed E-state index contributed by atoms with van der Waals surface area (Å²) in [4.78, 5) is 12.3. The summed E-state index contributed by atoms with van der Waals surface area (Å²) < 4.78 is 11.1. The third-order valence-corrected chi connectivity index (χ3v) is 5.35. The van der Waals surface area contributed by atoms with E-state index in [1.54, 1.807) is 7.11 Å². The van der Waals surface area contributed by atoms with E-state index in [0.29, 0.717) is 5.92 Å². The molecular formula is C18H26N2O3. The van der Waals surface area contributed by atoms with E-state index in [4.69, 9.17) is 9.47 Å². The largest absolute Gasteiger partial charge is 0.377 e. The lowest BCUT2D eigenvalue weighted by Gasteiger charge is -2.54. The fraction of sp³-hybridized carbons (Fsp3) is 0.611. The average Bonchev–Trinajstić information content (AvgIpc) is 2.99. The van der Waals surface area contributed by atoms with Gasteiger partial charge < -0.3 is 20.1 Å². The lowest BCUT2D eigenvalue weighted by molar-refractivity contribution is -0.107. The van der Waals surface area contributed by atoms with Crippen molar-refractivity contribution in [2.45, 2.75) is 45.4 Å². The van der Waals surface area contributed by atoms with Gasteiger partial charge in [0.2, 0.25) is 0 Å². The van der Waals surface area contributed by atoms with Crippen molar-refractivity contribution in [3.05, 3.63) is 29.8 Å². The van der Waals surface area contributed by atoms with Crippen molar-refractivity contribution in [2.75, 3.05) is 19.0 Å². The van der Waals surface area contributed by atoms with E-state index in [2.05, 4.69) is 24.5 Å². The minimum absolute atomic E-state index is 0.00164. The van der Waals surface area contributed by atoms with E-state index in [-0.39, 0.29) is 29.7 Å². The SMILES string of the molecule is CO[C@H](C)c1cccc(NC(=O)N[C@@H]2[C@H]3CCO[C@@H]3C2(C)C)c1. The molecule has 4 atom stereocenters. The normalized spacial score (nSPS) is 29.3. The molecule has 2 N–H and O–H groups in total. The van der Waals surface area contributed by atoms with Gasteiger partial charge in [0.25, 0.3) is 0 Å². The Balaban J connectivity index is 1.62. The van der Waals surface area contributed by atoms with E-state index in [9.17, 15) is 4.79 Å². The average molecular weight is 318 g/mol. The van der Waals surface area contributed by atoms with Gasteiger partial charge in [0.05, 0.1) is 12.2 Å². The molecule has 3 rings (SSSR count). The van der Waals surface area contributed by atoms with Crippen LogP contribution in [-0.4, -0.2) is 31.9 Å². The van der Waals surface area contributed by atoms with E-state index in [1.165, 1.54) is 0 Å². The van der Waals surface area contributed by atoms with Gasteiger partial charge in [-0.25, -0.2) is 4.79 Å². The van der Waals surface area contributed by atoms with Gasteiger partial charge in [0.1, 0.15) is 0 Å². The maximum atomic E-state index is 12.3. The molecule has 1 saturated heterocycles. The molecular weight excluding hydrogens is 292 g/mol. The molecule has 1 saturated carbocycles. The van der Waals surface area contributed by atoms with Gasteiger partial charge in [-0.1, -0.05) is 26.0 Å². The number of fused-ring (bicyclic) bond motifs is 1. The number of hydrogen-bond donors (Lipinski definition) is 2. The molecule has 0 aromatic heterocycles. The summed E-state index contributed by atoms with van der Waals surface area (Å²) in [5.41, 5.74) is 1.81. The first-order chi connectivity index (χ1) is 10.9. The van der Waals surface area contributed by atoms with Crippen LogP contribution in [0.2, 0.25) is 0 Å². The molecule has 0 bridgehead atoms. The zero-order valence-corrected chi connectivity index (χ0v) is 14.3. The zero-order chi connectivity index (χ0) is 16.6. The first kappa shape index (κ1) is 16.3. The minimum Gasteiger partial charge on any atom is -0.377 e. The molecule has 5 nitrogen and oxygen atoms in total. The van der Waals surface area contributed by atoms with Gasteiger partial charge in [-0.2, -0.15) is 0 Å². The topological polar surface area (TPSA) is 59.6 Å². The standard InChI is InChI=1S/C18H26N2O3/c1-11(22-4)12-6-5-7-13(10-12)19-17(21)20-15-14-8-9-23-16(14)18(15,2)3/h5-7,10-11,14-16H,8-9H2,1-4H3,(H2,19,20,21)/t11-,14-,15-,16+/m1/s1. The number of carbonyl (C=O) groups excluding carboxylic acids is 1. The predicted octanol–water partition coefficient (Wildman–Crippen LogP) is 3.33. The summed E-state index contributed by atoms with van der Waals surface area (Å²) in [6.45, 7) is 7.10. The molecule has 1 aromatic rings. The van der Waals surface area contributed by atoms with Gasteiger partial charge in [0.15, 0.2) is 0 Å². The third-order valence-electron chi connectivity index (χ3n) is 5.35. The van der Waals surface area contributed by atoms with Crippen LogP contribution in [0.4, 0.5) is 10.5 Å². The summed E-state index contributed by atoms with van der Waals surface area (Å²) in [7, 11) is 1.68. The molecule has 2 aliphatic rings. The van der Waals surface area contributed by atoms with Gasteiger partial charge in [0, 0.05) is 36.8 Å². The highest BCUT2D eigenvalue weighted by atomic mass is 16.5. The Morgan fingerprint density at radius 2 is 2.22 bits per heavy atom. The fourth-order valence-corrected chi connectivity index (χ4v) is 3.93. The molecule has 1 aliphatic heterocycles. The summed E-state index contributed by atoms with van der Waals surface area (Å²) in [5, 5.41) is 6.06. The molecule has 0 unspecified atom stereocenters. The van der Waals surface area contributed by atoms with Crippen LogP contribution < -0.4 is 10.6 Å². The molecule has 126 valence electrons. The molecule has 1 heterocycles. The van der Waals surface area contributed by atoms with Gasteiger partial charge in [-0.05, 0) is 31.0 Å². The Kier molecular flexibility index (Phi) is 4.34. The second-order valence-corrected chi connectivity index (χ2v) is 7.14. The van der Waals surface area contributed by atoms with Crippen LogP contribution in [-0.2, 0) is 9.47 Å². The van der Waals surface area contributed by atoms with Gasteiger partial charge in [-0.3, -0.25) is 0 Å². The number of anilines is 1. The Morgan fingerprint density at radius 3 is 2.96 bits per heavy atom. The third kappa shape index (κ3) is 2.95. The molecule has 1 aliphatic carbocycles. The number of urea groups is 1. The van der Waals surface area contributed by atoms with Crippen LogP contribution in [0.15, 0.2) is 24.3 Å². The Morgan fingerprint density at radius 1 is 1.43 bits per heavy atom. The molecule has 1 aromatic carbocycles. The first-order valence-electron chi connectivity index (χ1n) is 8.25. The minimum atomic E-state index is -0.157. The quantitative estimate of drug-likeness (QED) is 0.895. The van der Waals surface area contributed by atoms with Crippen molar-refractivity contribution in [2.24, 2.45) is 11.3 Å². The molecule has 0 radical (unpaired) electrons. The van der Waals surface area contributed by atoms with E-state index in [0.717, 1.165) is 24.3 Å². The van der Waals surface area contributed by atoms with Crippen molar-refractivity contribution in [3.8, 4) is 0 Å². The summed E-state index contributed by atoms with van der Waals surface area (Å²) in [5.74, 6) is 0.440. The maximum Gasteiger partial charge on any atom is 0.319 e. The van der Waals surface area contributed by atoms with Crippen molar-refractivity contribution >= 4 is 11.7 Å². The van der Waals surface area contributed by atoms with Crippen LogP contribution >= 0.6 is 0 Å². The van der Waals surface area contributed by atoms with Crippen molar-refractivity contribution in [1.82, 2.24) is 5.32 Å². The fourth-order valence-electron chi connectivity index (χ4n) is 3.93. The number of ether oxygens (including phenoxy) is 2. The summed E-state index contributed by atoms with van der Waals surface area (Å²) in [6.07, 6.45) is 1.31. The Bertz CT molecular complexity index is 587. The number of carbonyl (C=O) groups is 1. The first-order valence-corrected chi connectivity index (χ1v) is 8.25. The Labute approximate surface area is 137 Å². The predicted molar refractivity (Wildman–Crippen MR) is 89.4 cm³/mol. The molecule has 2 amide bonds. The second-order valence-electron chi connectivity index (χ2n) is 7.14. The van der Waals surface area contributed by atoms with Gasteiger partial charge in [-0.15, -0.1) is 0 Å². The van der Waals surface area contributed by atoms with Crippen LogP contribution in [0.25, 0.3) is 0 Å². The highest BCUT2D eigenvalue weighted by Gasteiger charge is 2.59. The number of nitrogens with one attached hydrogen (secondary N) is 2. The van der Waals surface area contributed by atoms with Gasteiger partial charge >= 0.3 is 6.03 Å². The molecule has 5 heteroatoms. The van der Waals surface area contributed by atoms with Crippen LogP contribution in [0.5, 0.6) is 0 Å². The van der Waals surface area contributed by atoms with Crippen LogP contribution in [0.1, 0.15) is 38.9 Å². The smallest absolute Gasteiger partial charge is 0.319 e. The van der Waals surface area contributed by atoms with E-state index >= 15 is 0 Å². The van der Waals surface area contributed by atoms with Crippen molar-refractivity contribution in [1.29, 1.82) is 0 Å². The summed E-state index contributed by atoms with van der Waals surface area (Å²) in [6, 6.07) is 7.76. The van der Waals surface area contributed by atoms with E-state index < -0.39 is 0 Å². The monoisotopic (exact) mass is 318 g/mol. The number of benzene rings is 1. The number of rotatable bonds is 4. The van der Waals surface area contributed by atoms with Crippen molar-refractivity contribution < 1.29 is 14.3 Å². The molecule has 2 fully saturated rings. The lowest BCUT2D eigenvalue weighted by Crippen LogP contribution is -2.67.